The van der Waals surface area contributed by atoms with Crippen molar-refractivity contribution in [2.45, 2.75) is 6.10 Å². The number of halogens is 2. The van der Waals surface area contributed by atoms with Crippen LogP contribution in [-0.2, 0) is 9.53 Å². The SMILES string of the molecule is COC(=O)C(O)CNC(=O)c1ccc(F)cc1I. The van der Waals surface area contributed by atoms with Gasteiger partial charge in [-0.1, -0.05) is 0 Å². The maximum atomic E-state index is 12.8. The molecule has 1 rings (SSSR count). The molecular formula is C11H11FINO4. The molecule has 0 saturated heterocycles. The molecule has 0 fully saturated rings. The van der Waals surface area contributed by atoms with Gasteiger partial charge in [-0.3, -0.25) is 4.79 Å². The molecule has 0 spiro atoms. The highest BCUT2D eigenvalue weighted by Gasteiger charge is 2.17. The van der Waals surface area contributed by atoms with Crippen LogP contribution in [0.5, 0.6) is 0 Å². The van der Waals surface area contributed by atoms with Crippen molar-refractivity contribution in [2.24, 2.45) is 0 Å². The first-order valence-corrected chi connectivity index (χ1v) is 6.02. The first kappa shape index (κ1) is 14.8. The Morgan fingerprint density at radius 2 is 2.22 bits per heavy atom. The molecule has 0 aliphatic carbocycles. The summed E-state index contributed by atoms with van der Waals surface area (Å²) in [5, 5.41) is 11.6. The molecule has 0 aliphatic rings. The van der Waals surface area contributed by atoms with Gasteiger partial charge in [-0.2, -0.15) is 0 Å². The van der Waals surface area contributed by atoms with Gasteiger partial charge in [0.1, 0.15) is 5.82 Å². The molecule has 1 unspecified atom stereocenters. The Bertz CT molecular complexity index is 466. The molecule has 0 aromatic heterocycles. The van der Waals surface area contributed by atoms with Crippen LogP contribution in [0.2, 0.25) is 0 Å². The molecule has 0 bridgehead atoms. The molecule has 5 nitrogen and oxygen atoms in total. The van der Waals surface area contributed by atoms with Gasteiger partial charge in [-0.05, 0) is 40.8 Å². The van der Waals surface area contributed by atoms with E-state index in [2.05, 4.69) is 10.1 Å². The lowest BCUT2D eigenvalue weighted by Crippen LogP contribution is -2.37. The van der Waals surface area contributed by atoms with Crippen LogP contribution in [0.25, 0.3) is 0 Å². The van der Waals surface area contributed by atoms with Crippen LogP contribution in [0.1, 0.15) is 10.4 Å². The van der Waals surface area contributed by atoms with E-state index < -0.39 is 23.8 Å². The number of methoxy groups -OCH3 is 1. The van der Waals surface area contributed by atoms with Gasteiger partial charge in [-0.15, -0.1) is 0 Å². The molecule has 1 amide bonds. The van der Waals surface area contributed by atoms with Crippen molar-refractivity contribution in [3.63, 3.8) is 0 Å². The van der Waals surface area contributed by atoms with E-state index in [1.807, 2.05) is 22.6 Å². The molecule has 1 atom stereocenters. The highest BCUT2D eigenvalue weighted by molar-refractivity contribution is 14.1. The average molecular weight is 367 g/mol. The lowest BCUT2D eigenvalue weighted by atomic mass is 10.2. The average Bonchev–Trinajstić information content (AvgIpc) is 2.34. The quantitative estimate of drug-likeness (QED) is 0.607. The Hall–Kier alpha value is -1.22. The third kappa shape index (κ3) is 3.91. The zero-order valence-corrected chi connectivity index (χ0v) is 11.6. The summed E-state index contributed by atoms with van der Waals surface area (Å²) in [7, 11) is 1.14. The van der Waals surface area contributed by atoms with Crippen LogP contribution >= 0.6 is 22.6 Å². The van der Waals surface area contributed by atoms with Crippen molar-refractivity contribution in [3.8, 4) is 0 Å². The number of esters is 1. The third-order valence-electron chi connectivity index (χ3n) is 2.10. The zero-order valence-electron chi connectivity index (χ0n) is 9.44. The Kier molecular flexibility index (Phi) is 5.48. The van der Waals surface area contributed by atoms with Crippen LogP contribution in [0.15, 0.2) is 18.2 Å². The van der Waals surface area contributed by atoms with Crippen LogP contribution in [0, 0.1) is 9.39 Å². The Morgan fingerprint density at radius 3 is 2.78 bits per heavy atom. The van der Waals surface area contributed by atoms with Gasteiger partial charge < -0.3 is 15.2 Å². The maximum Gasteiger partial charge on any atom is 0.336 e. The second-order valence-corrected chi connectivity index (χ2v) is 4.54. The number of hydrogen-bond donors (Lipinski definition) is 2. The minimum absolute atomic E-state index is 0.265. The van der Waals surface area contributed by atoms with E-state index in [1.165, 1.54) is 12.1 Å². The number of aliphatic hydroxyl groups is 1. The molecule has 1 aromatic carbocycles. The van der Waals surface area contributed by atoms with Crippen LogP contribution in [0.4, 0.5) is 4.39 Å². The van der Waals surface area contributed by atoms with Crippen molar-refractivity contribution >= 4 is 34.5 Å². The summed E-state index contributed by atoms with van der Waals surface area (Å²) >= 11 is 1.82. The first-order chi connectivity index (χ1) is 8.45. The Labute approximate surface area is 116 Å². The van der Waals surface area contributed by atoms with E-state index in [1.54, 1.807) is 0 Å². The van der Waals surface area contributed by atoms with Crippen molar-refractivity contribution in [3.05, 3.63) is 33.1 Å². The normalized spacial score (nSPS) is 11.8. The third-order valence-corrected chi connectivity index (χ3v) is 3.00. The lowest BCUT2D eigenvalue weighted by molar-refractivity contribution is -0.149. The maximum absolute atomic E-state index is 12.8. The molecule has 98 valence electrons. The predicted octanol–water partition coefficient (Wildman–Crippen LogP) is 0.694. The fraction of sp³-hybridized carbons (Fsp3) is 0.273. The summed E-state index contributed by atoms with van der Waals surface area (Å²) in [6, 6.07) is 3.71. The summed E-state index contributed by atoms with van der Waals surface area (Å²) in [5.41, 5.74) is 0.272. The van der Waals surface area contributed by atoms with Gasteiger partial charge in [0.25, 0.3) is 5.91 Å². The molecular weight excluding hydrogens is 356 g/mol. The smallest absolute Gasteiger partial charge is 0.336 e. The second kappa shape index (κ2) is 6.64. The van der Waals surface area contributed by atoms with Gasteiger partial charge in [0.05, 0.1) is 19.2 Å². The molecule has 0 saturated carbocycles. The van der Waals surface area contributed by atoms with E-state index in [4.69, 9.17) is 0 Å². The van der Waals surface area contributed by atoms with E-state index in [0.717, 1.165) is 13.2 Å². The van der Waals surface area contributed by atoms with E-state index in [9.17, 15) is 19.1 Å². The summed E-state index contributed by atoms with van der Waals surface area (Å²) in [6.45, 7) is -0.265. The molecule has 7 heteroatoms. The Balaban J connectivity index is 2.63. The van der Waals surface area contributed by atoms with Gasteiger partial charge >= 0.3 is 5.97 Å². The topological polar surface area (TPSA) is 75.6 Å². The van der Waals surface area contributed by atoms with E-state index in [-0.39, 0.29) is 12.1 Å². The molecule has 2 N–H and O–H groups in total. The summed E-state index contributed by atoms with van der Waals surface area (Å²) in [5.74, 6) is -1.77. The molecule has 1 aromatic rings. The van der Waals surface area contributed by atoms with E-state index >= 15 is 0 Å². The number of aliphatic hydroxyl groups excluding tert-OH is 1. The van der Waals surface area contributed by atoms with Crippen molar-refractivity contribution < 1.29 is 23.8 Å². The van der Waals surface area contributed by atoms with Crippen LogP contribution in [0.3, 0.4) is 0 Å². The molecule has 0 aliphatic heterocycles. The van der Waals surface area contributed by atoms with E-state index in [0.29, 0.717) is 3.57 Å². The number of carbonyl (C=O) groups is 2. The standard InChI is InChI=1S/C11H11FINO4/c1-18-11(17)9(15)5-14-10(16)7-3-2-6(12)4-8(7)13/h2-4,9,15H,5H2,1H3,(H,14,16). The highest BCUT2D eigenvalue weighted by Crippen LogP contribution is 2.13. The van der Waals surface area contributed by atoms with Gasteiger partial charge in [0.15, 0.2) is 6.10 Å². The number of ether oxygens (including phenoxy) is 1. The van der Waals surface area contributed by atoms with Gasteiger partial charge in [-0.25, -0.2) is 9.18 Å². The summed E-state index contributed by atoms with van der Waals surface area (Å²) < 4.78 is 17.6. The largest absolute Gasteiger partial charge is 0.467 e. The monoisotopic (exact) mass is 367 g/mol. The summed E-state index contributed by atoms with van der Waals surface area (Å²) in [4.78, 5) is 22.6. The van der Waals surface area contributed by atoms with Crippen molar-refractivity contribution in [2.75, 3.05) is 13.7 Å². The highest BCUT2D eigenvalue weighted by atomic mass is 127. The van der Waals surface area contributed by atoms with Gasteiger partial charge in [0, 0.05) is 3.57 Å². The fourth-order valence-electron chi connectivity index (χ4n) is 1.18. The Morgan fingerprint density at radius 1 is 1.56 bits per heavy atom. The lowest BCUT2D eigenvalue weighted by Gasteiger charge is -2.10. The number of hydrogen-bond acceptors (Lipinski definition) is 4. The summed E-state index contributed by atoms with van der Waals surface area (Å²) in [6.07, 6.45) is -1.42. The van der Waals surface area contributed by atoms with Crippen LogP contribution < -0.4 is 5.32 Å². The number of rotatable bonds is 4. The van der Waals surface area contributed by atoms with Crippen molar-refractivity contribution in [1.29, 1.82) is 0 Å². The van der Waals surface area contributed by atoms with Crippen LogP contribution in [-0.4, -0.2) is 36.7 Å². The predicted molar refractivity (Wildman–Crippen MR) is 69.5 cm³/mol. The fourth-order valence-corrected chi connectivity index (χ4v) is 1.90. The number of benzene rings is 1. The second-order valence-electron chi connectivity index (χ2n) is 3.37. The van der Waals surface area contributed by atoms with Gasteiger partial charge in [0.2, 0.25) is 0 Å². The van der Waals surface area contributed by atoms with Crippen molar-refractivity contribution in [1.82, 2.24) is 5.32 Å². The number of nitrogens with one attached hydrogen (secondary N) is 1. The minimum atomic E-state index is -1.42. The number of amides is 1. The first-order valence-electron chi connectivity index (χ1n) is 4.95. The zero-order chi connectivity index (χ0) is 13.7. The number of carbonyl (C=O) groups excluding carboxylic acids is 2. The molecule has 0 radical (unpaired) electrons. The minimum Gasteiger partial charge on any atom is -0.467 e. The molecule has 18 heavy (non-hydrogen) atoms. The molecule has 0 heterocycles.